The van der Waals surface area contributed by atoms with E-state index < -0.39 is 0 Å². The van der Waals surface area contributed by atoms with Gasteiger partial charge in [-0.1, -0.05) is 119 Å². The van der Waals surface area contributed by atoms with Crippen LogP contribution in [0.1, 0.15) is 195 Å². The molecule has 0 bridgehead atoms. The van der Waals surface area contributed by atoms with Gasteiger partial charge in [0.15, 0.2) is 0 Å². The Bertz CT molecular complexity index is 3860. The van der Waals surface area contributed by atoms with Crippen molar-refractivity contribution in [1.29, 1.82) is 0 Å². The Morgan fingerprint density at radius 1 is 0.307 bits per heavy atom. The minimum absolute atomic E-state index is 0.120. The summed E-state index contributed by atoms with van der Waals surface area (Å²) in [6.45, 7) is 13.8. The first-order valence-corrected chi connectivity index (χ1v) is 38.7. The first-order chi connectivity index (χ1) is 43.0. The molecule has 456 valence electrons. The average molecular weight is 1320 g/mol. The van der Waals surface area contributed by atoms with E-state index in [-0.39, 0.29) is 35.5 Å². The first-order valence-electron chi connectivity index (χ1n) is 32.2. The largest absolute Gasteiger partial charge is 0.274 e. The fourth-order valence-electron chi connectivity index (χ4n) is 12.6. The summed E-state index contributed by atoms with van der Waals surface area (Å²) in [5.41, 5.74) is 2.80. The van der Waals surface area contributed by atoms with Crippen LogP contribution in [0.3, 0.4) is 0 Å². The van der Waals surface area contributed by atoms with Crippen LogP contribution in [-0.4, -0.2) is 46.5 Å². The molecule has 0 spiro atoms. The molecule has 10 aromatic rings. The topological polar surface area (TPSA) is 74.8 Å². The lowest BCUT2D eigenvalue weighted by Crippen LogP contribution is -2.46. The SMILES string of the molecule is CCCCCCc1ccc(-c2ccc(-c3ccc(-c4ccc(-c5cc6c7c(c(-c8ccc(-c9ccc(-c%10ccc(-c%11ccc(CCCCCC)s%11)s%10)s9)s8)cc8c7c5C(=O)N(CC(CC)CCCC)C8=O)C(=O)N(CC(CC)CCCC)C6=O)s4)s3)s2)s1. The molecule has 0 fully saturated rings. The van der Waals surface area contributed by atoms with Gasteiger partial charge in [-0.25, -0.2) is 0 Å². The average Bonchev–Trinajstić information content (AvgIpc) is 1.27. The van der Waals surface area contributed by atoms with E-state index in [1.54, 1.807) is 45.3 Å². The molecular weight excluding hydrogens is 1240 g/mol. The second kappa shape index (κ2) is 28.4. The number of carbonyl (C=O) groups excluding carboxylic acids is 4. The third kappa shape index (κ3) is 12.9. The van der Waals surface area contributed by atoms with E-state index in [9.17, 15) is 0 Å². The lowest BCUT2D eigenvalue weighted by Gasteiger charge is -2.36. The van der Waals surface area contributed by atoms with Gasteiger partial charge in [0.25, 0.3) is 23.6 Å². The molecule has 2 aliphatic heterocycles. The number of amides is 4. The predicted molar refractivity (Wildman–Crippen MR) is 383 cm³/mol. The summed E-state index contributed by atoms with van der Waals surface area (Å²) in [6.07, 6.45) is 19.9. The minimum atomic E-state index is -0.367. The number of hydrogen-bond donors (Lipinski definition) is 0. The van der Waals surface area contributed by atoms with Gasteiger partial charge >= 0.3 is 0 Å². The third-order valence-corrected chi connectivity index (χ3v) is 27.8. The van der Waals surface area contributed by atoms with Gasteiger partial charge in [-0.15, -0.1) is 90.7 Å². The zero-order valence-electron chi connectivity index (χ0n) is 51.5. The van der Waals surface area contributed by atoms with Gasteiger partial charge in [-0.3, -0.25) is 29.0 Å². The number of carbonyl (C=O) groups is 4. The van der Waals surface area contributed by atoms with E-state index in [1.165, 1.54) is 110 Å². The van der Waals surface area contributed by atoms with Crippen LogP contribution in [0.4, 0.5) is 0 Å². The van der Waals surface area contributed by atoms with Crippen LogP contribution in [0, 0.1) is 11.8 Å². The van der Waals surface area contributed by atoms with Crippen molar-refractivity contribution >= 4 is 125 Å². The van der Waals surface area contributed by atoms with Crippen molar-refractivity contribution in [3.05, 3.63) is 141 Å². The van der Waals surface area contributed by atoms with E-state index in [2.05, 4.69) is 139 Å². The molecule has 2 aliphatic rings. The molecule has 88 heavy (non-hydrogen) atoms. The van der Waals surface area contributed by atoms with Gasteiger partial charge in [-0.2, -0.15) is 0 Å². The van der Waals surface area contributed by atoms with E-state index in [0.717, 1.165) is 93.5 Å². The number of benzene rings is 2. The van der Waals surface area contributed by atoms with Crippen molar-refractivity contribution in [2.24, 2.45) is 11.8 Å². The highest BCUT2D eigenvalue weighted by molar-refractivity contribution is 7.30. The normalized spacial score (nSPS) is 14.0. The van der Waals surface area contributed by atoms with Crippen LogP contribution in [-0.2, 0) is 12.8 Å². The molecule has 12 rings (SSSR count). The maximum absolute atomic E-state index is 15.7. The predicted octanol–water partition coefficient (Wildman–Crippen LogP) is 24.5. The lowest BCUT2D eigenvalue weighted by molar-refractivity contribution is 0.0559. The number of unbranched alkanes of at least 4 members (excludes halogenated alkanes) is 8. The van der Waals surface area contributed by atoms with Crippen molar-refractivity contribution in [2.75, 3.05) is 13.1 Å². The summed E-state index contributed by atoms with van der Waals surface area (Å²) < 4.78 is 0. The fraction of sp³-hybridized carbons (Fsp3) is 0.378. The number of imide groups is 2. The maximum Gasteiger partial charge on any atom is 0.262 e. The standard InChI is InChI=1S/C74H78N2O4S8/c1-7-13-17-19-23-47-25-27-55(81-47)57-33-35-63(85-57)65-39-37-61(87-65)59-31-29-53(83-59)49-41-51-68-67-52(72(78)75(73(79)69(49)67)43-45(11-5)21-15-9-3)42-50(70(68)74(80)76(71(51)77)44-46(12-6)22-16-10-4)54-30-32-60(84-54)62-38-40-66(88-62)64-36-34-58(86-64)56-28-26-48(82-56)24-20-18-14-8-2/h25-42,45-46H,7-24,43-44H2,1-6H3. The molecular formula is C74H78N2O4S8. The number of hydrogen-bond acceptors (Lipinski definition) is 12. The summed E-state index contributed by atoms with van der Waals surface area (Å²) >= 11 is 14.3. The molecule has 6 nitrogen and oxygen atoms in total. The molecule has 2 aromatic carbocycles. The number of nitrogens with zero attached hydrogens (tertiary/aromatic N) is 2. The first kappa shape index (κ1) is 62.8. The maximum atomic E-state index is 15.7. The Morgan fingerprint density at radius 2 is 0.591 bits per heavy atom. The Hall–Kier alpha value is -5.42. The molecule has 0 aliphatic carbocycles. The molecule has 0 N–H and O–H groups in total. The third-order valence-electron chi connectivity index (χ3n) is 17.7. The zero-order valence-corrected chi connectivity index (χ0v) is 58.0. The number of thiophene rings is 8. The van der Waals surface area contributed by atoms with Gasteiger partial charge < -0.3 is 0 Å². The van der Waals surface area contributed by atoms with Gasteiger partial charge in [-0.05, 0) is 160 Å². The Kier molecular flexibility index (Phi) is 20.3. The quantitative estimate of drug-likeness (QED) is 0.0332. The van der Waals surface area contributed by atoms with Crippen LogP contribution < -0.4 is 0 Å². The van der Waals surface area contributed by atoms with E-state index >= 15 is 19.2 Å². The van der Waals surface area contributed by atoms with Crippen LogP contribution >= 0.6 is 90.7 Å². The van der Waals surface area contributed by atoms with Crippen molar-refractivity contribution in [2.45, 2.75) is 157 Å². The second-order valence-corrected chi connectivity index (χ2v) is 32.7. The lowest BCUT2D eigenvalue weighted by atomic mass is 9.80. The van der Waals surface area contributed by atoms with Crippen molar-refractivity contribution < 1.29 is 19.2 Å². The van der Waals surface area contributed by atoms with Gasteiger partial charge in [0.05, 0.1) is 11.1 Å². The molecule has 4 amide bonds. The Labute approximate surface area is 552 Å². The zero-order chi connectivity index (χ0) is 61.0. The smallest absolute Gasteiger partial charge is 0.262 e. The molecule has 2 atom stereocenters. The van der Waals surface area contributed by atoms with Gasteiger partial charge in [0, 0.05) is 124 Å². The van der Waals surface area contributed by atoms with Crippen LogP contribution in [0.25, 0.3) is 90.2 Å². The molecule has 14 heteroatoms. The fourth-order valence-corrected chi connectivity index (χ4v) is 21.3. The van der Waals surface area contributed by atoms with Crippen molar-refractivity contribution in [3.8, 4) is 79.4 Å². The number of rotatable bonds is 30. The summed E-state index contributed by atoms with van der Waals surface area (Å²) in [6, 6.07) is 39.2. The Morgan fingerprint density at radius 3 is 0.898 bits per heavy atom. The molecule has 0 saturated heterocycles. The van der Waals surface area contributed by atoms with Crippen LogP contribution in [0.15, 0.2) is 109 Å². The van der Waals surface area contributed by atoms with E-state index in [4.69, 9.17) is 0 Å². The van der Waals surface area contributed by atoms with E-state index in [0.29, 0.717) is 57.2 Å². The van der Waals surface area contributed by atoms with Gasteiger partial charge in [0.1, 0.15) is 0 Å². The highest BCUT2D eigenvalue weighted by atomic mass is 32.1. The molecule has 0 saturated carbocycles. The summed E-state index contributed by atoms with van der Waals surface area (Å²) in [4.78, 5) is 84.4. The monoisotopic (exact) mass is 1310 g/mol. The molecule has 0 radical (unpaired) electrons. The minimum Gasteiger partial charge on any atom is -0.274 e. The summed E-state index contributed by atoms with van der Waals surface area (Å²) in [7, 11) is 0. The summed E-state index contributed by atoms with van der Waals surface area (Å²) in [5.74, 6) is -1.22. The van der Waals surface area contributed by atoms with Crippen LogP contribution in [0.5, 0.6) is 0 Å². The number of aryl methyl sites for hydroxylation is 2. The van der Waals surface area contributed by atoms with Crippen molar-refractivity contribution in [3.63, 3.8) is 0 Å². The molecule has 2 unspecified atom stereocenters. The molecule has 8 aromatic heterocycles. The van der Waals surface area contributed by atoms with Crippen LogP contribution in [0.2, 0.25) is 0 Å². The molecule has 10 heterocycles. The summed E-state index contributed by atoms with van der Waals surface area (Å²) in [5, 5.41) is 0.853. The second-order valence-electron chi connectivity index (χ2n) is 23.9. The highest BCUT2D eigenvalue weighted by Gasteiger charge is 2.44. The van der Waals surface area contributed by atoms with Gasteiger partial charge in [0.2, 0.25) is 0 Å². The Balaban J connectivity index is 0.926. The van der Waals surface area contributed by atoms with E-state index in [1.807, 2.05) is 57.5 Å². The van der Waals surface area contributed by atoms with Crippen molar-refractivity contribution in [1.82, 2.24) is 9.80 Å². The highest BCUT2D eigenvalue weighted by Crippen LogP contribution is 2.52.